The third-order valence-electron chi connectivity index (χ3n) is 4.36. The van der Waals surface area contributed by atoms with Crippen LogP contribution in [0.15, 0.2) is 24.3 Å². The lowest BCUT2D eigenvalue weighted by Crippen LogP contribution is -2.53. The van der Waals surface area contributed by atoms with Crippen LogP contribution >= 0.6 is 0 Å². The number of hydrogen-bond acceptors (Lipinski definition) is 3. The highest BCUT2D eigenvalue weighted by Crippen LogP contribution is 2.44. The van der Waals surface area contributed by atoms with Gasteiger partial charge in [0.25, 0.3) is 0 Å². The van der Waals surface area contributed by atoms with Crippen LogP contribution in [0.2, 0.25) is 0 Å². The average Bonchev–Trinajstić information content (AvgIpc) is 2.82. The topological polar surface area (TPSA) is 29.5 Å². The van der Waals surface area contributed by atoms with E-state index in [1.807, 2.05) is 26.8 Å². The molecule has 3 nitrogen and oxygen atoms in total. The maximum absolute atomic E-state index is 12.9. The summed E-state index contributed by atoms with van der Waals surface area (Å²) in [7, 11) is 0. The summed E-state index contributed by atoms with van der Waals surface area (Å²) >= 11 is 0. The third-order valence-corrected chi connectivity index (χ3v) is 4.36. The molecule has 0 aromatic heterocycles. The summed E-state index contributed by atoms with van der Waals surface area (Å²) in [4.78, 5) is 15.2. The van der Waals surface area contributed by atoms with E-state index in [1.165, 1.54) is 5.56 Å². The van der Waals surface area contributed by atoms with Crippen LogP contribution in [0.3, 0.4) is 0 Å². The van der Waals surface area contributed by atoms with Crippen LogP contribution in [0.25, 0.3) is 0 Å². The van der Waals surface area contributed by atoms with Crippen LogP contribution in [-0.2, 0) is 21.5 Å². The smallest absolute Gasteiger partial charge is 0.331 e. The molecular formula is C17H23NO2. The molecule has 1 aromatic rings. The van der Waals surface area contributed by atoms with Crippen molar-refractivity contribution in [3.05, 3.63) is 35.4 Å². The molecular weight excluding hydrogens is 250 g/mol. The van der Waals surface area contributed by atoms with E-state index in [4.69, 9.17) is 4.74 Å². The van der Waals surface area contributed by atoms with E-state index >= 15 is 0 Å². The van der Waals surface area contributed by atoms with E-state index in [0.29, 0.717) is 0 Å². The van der Waals surface area contributed by atoms with Crippen molar-refractivity contribution in [1.29, 1.82) is 0 Å². The first-order chi connectivity index (χ1) is 9.43. The van der Waals surface area contributed by atoms with Crippen LogP contribution in [-0.4, -0.2) is 29.6 Å². The Hall–Kier alpha value is -1.35. The van der Waals surface area contributed by atoms with Gasteiger partial charge >= 0.3 is 5.97 Å². The van der Waals surface area contributed by atoms with Gasteiger partial charge in [0, 0.05) is 6.54 Å². The molecule has 3 rings (SSSR count). The second kappa shape index (κ2) is 4.59. The van der Waals surface area contributed by atoms with Crippen LogP contribution < -0.4 is 0 Å². The van der Waals surface area contributed by atoms with E-state index in [2.05, 4.69) is 23.1 Å². The highest BCUT2D eigenvalue weighted by atomic mass is 16.6. The van der Waals surface area contributed by atoms with Crippen molar-refractivity contribution in [2.24, 2.45) is 0 Å². The molecule has 0 bridgehead atoms. The van der Waals surface area contributed by atoms with Gasteiger partial charge in [-0.25, -0.2) is 4.79 Å². The van der Waals surface area contributed by atoms with Crippen molar-refractivity contribution >= 4 is 5.97 Å². The summed E-state index contributed by atoms with van der Waals surface area (Å²) in [5.41, 5.74) is 1.49. The molecule has 0 amide bonds. The molecule has 1 fully saturated rings. The number of rotatable bonds is 1. The van der Waals surface area contributed by atoms with Crippen molar-refractivity contribution in [3.63, 3.8) is 0 Å². The lowest BCUT2D eigenvalue weighted by Gasteiger charge is -2.42. The van der Waals surface area contributed by atoms with Crippen LogP contribution in [0.4, 0.5) is 0 Å². The van der Waals surface area contributed by atoms with Gasteiger partial charge in [-0.15, -0.1) is 0 Å². The number of esters is 1. The average molecular weight is 273 g/mol. The minimum absolute atomic E-state index is 0.0744. The Morgan fingerprint density at radius 2 is 2.00 bits per heavy atom. The standard InChI is InChI=1S/C17H23NO2/c1-16(2,3)20-15(19)17-10-6-11-18(17)12-9-13-7-4-5-8-14(13)17/h4-5,7-8H,6,9-12H2,1-3H3. The minimum Gasteiger partial charge on any atom is -0.458 e. The van der Waals surface area contributed by atoms with Gasteiger partial charge in [0.1, 0.15) is 11.1 Å². The molecule has 0 aliphatic carbocycles. The first kappa shape index (κ1) is 13.6. The predicted octanol–water partition coefficient (Wildman–Crippen LogP) is 2.88. The van der Waals surface area contributed by atoms with E-state index in [1.54, 1.807) is 0 Å². The number of ether oxygens (including phenoxy) is 1. The molecule has 2 aliphatic heterocycles. The summed E-state index contributed by atoms with van der Waals surface area (Å²) in [6.07, 6.45) is 2.97. The molecule has 0 N–H and O–H groups in total. The molecule has 1 aromatic carbocycles. The SMILES string of the molecule is CC(C)(C)OC(=O)C12CCCN1CCc1ccccc12. The van der Waals surface area contributed by atoms with Crippen molar-refractivity contribution in [2.75, 3.05) is 13.1 Å². The molecule has 0 radical (unpaired) electrons. The molecule has 1 atom stereocenters. The van der Waals surface area contributed by atoms with Crippen LogP contribution in [0.5, 0.6) is 0 Å². The second-order valence-corrected chi connectivity index (χ2v) is 6.86. The summed E-state index contributed by atoms with van der Waals surface area (Å²) in [6, 6.07) is 8.35. The van der Waals surface area contributed by atoms with Gasteiger partial charge in [0.2, 0.25) is 0 Å². The monoisotopic (exact) mass is 273 g/mol. The Morgan fingerprint density at radius 3 is 2.75 bits per heavy atom. The van der Waals surface area contributed by atoms with E-state index < -0.39 is 11.1 Å². The molecule has 1 saturated heterocycles. The zero-order valence-electron chi connectivity index (χ0n) is 12.6. The molecule has 3 heteroatoms. The highest BCUT2D eigenvalue weighted by Gasteiger charge is 2.53. The maximum atomic E-state index is 12.9. The molecule has 2 heterocycles. The number of hydrogen-bond donors (Lipinski definition) is 0. The first-order valence-electron chi connectivity index (χ1n) is 7.50. The number of carbonyl (C=O) groups excluding carboxylic acids is 1. The summed E-state index contributed by atoms with van der Waals surface area (Å²) in [5, 5.41) is 0. The van der Waals surface area contributed by atoms with Crippen LogP contribution in [0, 0.1) is 0 Å². The highest BCUT2D eigenvalue weighted by molar-refractivity contribution is 5.84. The molecule has 1 unspecified atom stereocenters. The lowest BCUT2D eigenvalue weighted by atomic mass is 9.80. The fourth-order valence-corrected chi connectivity index (χ4v) is 3.58. The van der Waals surface area contributed by atoms with E-state index in [9.17, 15) is 4.79 Å². The summed E-state index contributed by atoms with van der Waals surface area (Å²) in [6.45, 7) is 7.77. The van der Waals surface area contributed by atoms with Crippen molar-refractivity contribution < 1.29 is 9.53 Å². The fraction of sp³-hybridized carbons (Fsp3) is 0.588. The predicted molar refractivity (Wildman–Crippen MR) is 78.5 cm³/mol. The van der Waals surface area contributed by atoms with Gasteiger partial charge in [-0.05, 0) is 57.7 Å². The zero-order chi connectivity index (χ0) is 14.4. The third kappa shape index (κ3) is 2.05. The normalized spacial score (nSPS) is 25.9. The van der Waals surface area contributed by atoms with Crippen molar-refractivity contribution in [2.45, 2.75) is 51.2 Å². The Kier molecular flexibility index (Phi) is 3.13. The quantitative estimate of drug-likeness (QED) is 0.737. The Balaban J connectivity index is 2.06. The lowest BCUT2D eigenvalue weighted by molar-refractivity contribution is -0.169. The van der Waals surface area contributed by atoms with Gasteiger partial charge in [-0.3, -0.25) is 4.90 Å². The number of fused-ring (bicyclic) bond motifs is 3. The second-order valence-electron chi connectivity index (χ2n) is 6.86. The van der Waals surface area contributed by atoms with Gasteiger partial charge in [-0.2, -0.15) is 0 Å². The molecule has 20 heavy (non-hydrogen) atoms. The van der Waals surface area contributed by atoms with Gasteiger partial charge in [0.05, 0.1) is 0 Å². The summed E-state index contributed by atoms with van der Waals surface area (Å²) in [5.74, 6) is -0.0744. The molecule has 2 aliphatic rings. The van der Waals surface area contributed by atoms with Crippen LogP contribution in [0.1, 0.15) is 44.7 Å². The van der Waals surface area contributed by atoms with E-state index in [0.717, 1.165) is 37.9 Å². The Bertz CT molecular complexity index is 532. The van der Waals surface area contributed by atoms with Gasteiger partial charge in [0.15, 0.2) is 0 Å². The van der Waals surface area contributed by atoms with E-state index in [-0.39, 0.29) is 5.97 Å². The molecule has 108 valence electrons. The largest absolute Gasteiger partial charge is 0.458 e. The van der Waals surface area contributed by atoms with Gasteiger partial charge in [-0.1, -0.05) is 24.3 Å². The van der Waals surface area contributed by atoms with Gasteiger partial charge < -0.3 is 4.74 Å². The molecule has 0 spiro atoms. The zero-order valence-corrected chi connectivity index (χ0v) is 12.6. The number of nitrogens with zero attached hydrogens (tertiary/aromatic N) is 1. The fourth-order valence-electron chi connectivity index (χ4n) is 3.58. The van der Waals surface area contributed by atoms with Crippen molar-refractivity contribution in [3.8, 4) is 0 Å². The first-order valence-corrected chi connectivity index (χ1v) is 7.50. The Labute approximate surface area is 120 Å². The number of carbonyl (C=O) groups is 1. The summed E-state index contributed by atoms with van der Waals surface area (Å²) < 4.78 is 5.76. The minimum atomic E-state index is -0.540. The number of benzene rings is 1. The maximum Gasteiger partial charge on any atom is 0.331 e. The Morgan fingerprint density at radius 1 is 1.25 bits per heavy atom. The molecule has 0 saturated carbocycles. The van der Waals surface area contributed by atoms with Crippen molar-refractivity contribution in [1.82, 2.24) is 4.90 Å².